The van der Waals surface area contributed by atoms with Crippen LogP contribution in [-0.2, 0) is 10.0 Å². The van der Waals surface area contributed by atoms with Gasteiger partial charge in [0.25, 0.3) is 0 Å². The molecule has 0 spiro atoms. The number of rotatable bonds is 2. The molecule has 0 saturated carbocycles. The maximum atomic E-state index is 13.6. The zero-order valence-electron chi connectivity index (χ0n) is 8.49. The molecule has 1 aliphatic rings. The molecule has 0 radical (unpaired) electrons. The number of benzene rings is 1. The number of hydrogen-bond acceptors (Lipinski definition) is 2. The zero-order chi connectivity index (χ0) is 11.8. The van der Waals surface area contributed by atoms with Gasteiger partial charge in [0, 0.05) is 17.6 Å². The Kier molecular flexibility index (Phi) is 3.32. The van der Waals surface area contributed by atoms with Crippen LogP contribution in [0.1, 0.15) is 12.8 Å². The number of nitrogens with zero attached hydrogens (tertiary/aromatic N) is 1. The van der Waals surface area contributed by atoms with Crippen molar-refractivity contribution in [2.45, 2.75) is 17.7 Å². The maximum Gasteiger partial charge on any atom is 0.245 e. The highest BCUT2D eigenvalue weighted by Gasteiger charge is 2.29. The monoisotopic (exact) mass is 307 g/mol. The molecular weight excluding hydrogens is 297 g/mol. The van der Waals surface area contributed by atoms with Crippen LogP contribution in [0.3, 0.4) is 0 Å². The highest BCUT2D eigenvalue weighted by Crippen LogP contribution is 2.25. The van der Waals surface area contributed by atoms with Crippen molar-refractivity contribution < 1.29 is 12.8 Å². The van der Waals surface area contributed by atoms with Crippen molar-refractivity contribution in [2.75, 3.05) is 13.1 Å². The van der Waals surface area contributed by atoms with E-state index in [0.717, 1.165) is 12.8 Å². The second-order valence-corrected chi connectivity index (χ2v) is 6.51. The molecule has 6 heteroatoms. The molecule has 3 nitrogen and oxygen atoms in total. The van der Waals surface area contributed by atoms with Crippen LogP contribution in [0.15, 0.2) is 27.6 Å². The molecule has 1 aromatic rings. The number of sulfonamides is 1. The Morgan fingerprint density at radius 3 is 2.44 bits per heavy atom. The van der Waals surface area contributed by atoms with Gasteiger partial charge >= 0.3 is 0 Å². The molecule has 1 fully saturated rings. The van der Waals surface area contributed by atoms with Crippen molar-refractivity contribution in [1.82, 2.24) is 4.31 Å². The van der Waals surface area contributed by atoms with E-state index in [4.69, 9.17) is 0 Å². The molecule has 0 amide bonds. The van der Waals surface area contributed by atoms with Gasteiger partial charge in [0.05, 0.1) is 0 Å². The average Bonchev–Trinajstić information content (AvgIpc) is 2.69. The summed E-state index contributed by atoms with van der Waals surface area (Å²) in [6.07, 6.45) is 1.69. The molecule has 1 saturated heterocycles. The lowest BCUT2D eigenvalue weighted by molar-refractivity contribution is 0.469. The Bertz CT molecular complexity index is 498. The average molecular weight is 308 g/mol. The number of halogens is 2. The standard InChI is InChI=1S/C10H11BrFNO2S/c11-8-3-4-10(9(12)7-8)16(14,15)13-5-1-2-6-13/h3-4,7H,1-2,5-6H2. The topological polar surface area (TPSA) is 37.4 Å². The van der Waals surface area contributed by atoms with Gasteiger partial charge in [-0.3, -0.25) is 0 Å². The van der Waals surface area contributed by atoms with Crippen LogP contribution in [0, 0.1) is 5.82 Å². The molecule has 0 aromatic heterocycles. The van der Waals surface area contributed by atoms with E-state index in [9.17, 15) is 12.8 Å². The van der Waals surface area contributed by atoms with Gasteiger partial charge in [-0.2, -0.15) is 4.31 Å². The lowest BCUT2D eigenvalue weighted by Gasteiger charge is -2.15. The van der Waals surface area contributed by atoms with Gasteiger partial charge in [-0.1, -0.05) is 15.9 Å². The summed E-state index contributed by atoms with van der Waals surface area (Å²) in [5.41, 5.74) is 0. The lowest BCUT2D eigenvalue weighted by Crippen LogP contribution is -2.28. The fourth-order valence-corrected chi connectivity index (χ4v) is 3.65. The second kappa shape index (κ2) is 4.43. The summed E-state index contributed by atoms with van der Waals surface area (Å²) in [5, 5.41) is 0. The van der Waals surface area contributed by atoms with Gasteiger partial charge in [-0.25, -0.2) is 12.8 Å². The minimum Gasteiger partial charge on any atom is -0.207 e. The summed E-state index contributed by atoms with van der Waals surface area (Å²) in [7, 11) is -3.65. The Balaban J connectivity index is 2.42. The smallest absolute Gasteiger partial charge is 0.207 e. The van der Waals surface area contributed by atoms with Crippen molar-refractivity contribution in [1.29, 1.82) is 0 Å². The van der Waals surface area contributed by atoms with Crippen molar-refractivity contribution in [3.8, 4) is 0 Å². The Morgan fingerprint density at radius 2 is 1.88 bits per heavy atom. The van der Waals surface area contributed by atoms with Crippen molar-refractivity contribution >= 4 is 26.0 Å². The largest absolute Gasteiger partial charge is 0.245 e. The Hall–Kier alpha value is -0.460. The molecule has 0 N–H and O–H groups in total. The van der Waals surface area contributed by atoms with E-state index < -0.39 is 15.8 Å². The molecule has 0 bridgehead atoms. The predicted molar refractivity (Wildman–Crippen MR) is 62.1 cm³/mol. The summed E-state index contributed by atoms with van der Waals surface area (Å²) in [6.45, 7) is 0.968. The molecule has 16 heavy (non-hydrogen) atoms. The van der Waals surface area contributed by atoms with Crippen LogP contribution in [0.4, 0.5) is 4.39 Å². The summed E-state index contributed by atoms with van der Waals surface area (Å²) >= 11 is 3.10. The van der Waals surface area contributed by atoms with Crippen molar-refractivity contribution in [3.63, 3.8) is 0 Å². The molecule has 88 valence electrons. The third-order valence-electron chi connectivity index (χ3n) is 2.58. The minimum atomic E-state index is -3.65. The normalized spacial score (nSPS) is 17.9. The van der Waals surface area contributed by atoms with Gasteiger partial charge < -0.3 is 0 Å². The van der Waals surface area contributed by atoms with Gasteiger partial charge in [0.1, 0.15) is 10.7 Å². The highest BCUT2D eigenvalue weighted by atomic mass is 79.9. The van der Waals surface area contributed by atoms with Crippen LogP contribution in [0.2, 0.25) is 0 Å². The Morgan fingerprint density at radius 1 is 1.25 bits per heavy atom. The molecule has 1 aromatic carbocycles. The van der Waals surface area contributed by atoms with E-state index in [1.807, 2.05) is 0 Å². The quantitative estimate of drug-likeness (QED) is 0.841. The first-order valence-electron chi connectivity index (χ1n) is 4.97. The van der Waals surface area contributed by atoms with Crippen LogP contribution in [0.25, 0.3) is 0 Å². The van der Waals surface area contributed by atoms with Crippen molar-refractivity contribution in [2.24, 2.45) is 0 Å². The molecular formula is C10H11BrFNO2S. The first kappa shape index (κ1) is 12.0. The van der Waals surface area contributed by atoms with Crippen LogP contribution in [-0.4, -0.2) is 25.8 Å². The van der Waals surface area contributed by atoms with E-state index in [0.29, 0.717) is 17.6 Å². The third kappa shape index (κ3) is 2.14. The summed E-state index contributed by atoms with van der Waals surface area (Å²) < 4.78 is 39.5. The fraction of sp³-hybridized carbons (Fsp3) is 0.400. The fourth-order valence-electron chi connectivity index (χ4n) is 1.75. The third-order valence-corrected chi connectivity index (χ3v) is 5.00. The predicted octanol–water partition coefficient (Wildman–Crippen LogP) is 2.37. The second-order valence-electron chi connectivity index (χ2n) is 3.69. The first-order valence-corrected chi connectivity index (χ1v) is 7.20. The van der Waals surface area contributed by atoms with E-state index >= 15 is 0 Å². The van der Waals surface area contributed by atoms with Gasteiger partial charge in [-0.15, -0.1) is 0 Å². The van der Waals surface area contributed by atoms with Crippen LogP contribution < -0.4 is 0 Å². The molecule has 1 heterocycles. The van der Waals surface area contributed by atoms with Gasteiger partial charge in [-0.05, 0) is 31.0 Å². The van der Waals surface area contributed by atoms with E-state index in [1.165, 1.54) is 22.5 Å². The van der Waals surface area contributed by atoms with E-state index in [-0.39, 0.29) is 4.90 Å². The molecule has 1 aliphatic heterocycles. The Labute approximate surface area is 102 Å². The molecule has 0 aliphatic carbocycles. The minimum absolute atomic E-state index is 0.238. The summed E-state index contributed by atoms with van der Waals surface area (Å²) in [4.78, 5) is -0.238. The number of hydrogen-bond donors (Lipinski definition) is 0. The lowest BCUT2D eigenvalue weighted by atomic mass is 10.3. The van der Waals surface area contributed by atoms with Crippen molar-refractivity contribution in [3.05, 3.63) is 28.5 Å². The summed E-state index contributed by atoms with van der Waals surface area (Å²) in [6, 6.07) is 4.00. The van der Waals surface area contributed by atoms with Crippen LogP contribution in [0.5, 0.6) is 0 Å². The maximum absolute atomic E-state index is 13.6. The molecule has 0 unspecified atom stereocenters. The first-order chi connectivity index (χ1) is 7.51. The van der Waals surface area contributed by atoms with Gasteiger partial charge in [0.15, 0.2) is 0 Å². The van der Waals surface area contributed by atoms with Crippen LogP contribution >= 0.6 is 15.9 Å². The molecule has 2 rings (SSSR count). The van der Waals surface area contributed by atoms with E-state index in [1.54, 1.807) is 0 Å². The zero-order valence-corrected chi connectivity index (χ0v) is 10.9. The molecule has 0 atom stereocenters. The van der Waals surface area contributed by atoms with E-state index in [2.05, 4.69) is 15.9 Å². The highest BCUT2D eigenvalue weighted by molar-refractivity contribution is 9.10. The SMILES string of the molecule is O=S(=O)(c1ccc(Br)cc1F)N1CCCC1. The van der Waals surface area contributed by atoms with Gasteiger partial charge in [0.2, 0.25) is 10.0 Å². The summed E-state index contributed by atoms with van der Waals surface area (Å²) in [5.74, 6) is -0.707.